The zero-order valence-electron chi connectivity index (χ0n) is 17.5. The lowest BCUT2D eigenvalue weighted by Crippen LogP contribution is -2.24. The van der Waals surface area contributed by atoms with Crippen LogP contribution < -0.4 is 5.32 Å². The first kappa shape index (κ1) is 24.5. The van der Waals surface area contributed by atoms with Gasteiger partial charge in [0.2, 0.25) is 0 Å². The minimum atomic E-state index is -4.57. The van der Waals surface area contributed by atoms with Crippen LogP contribution in [-0.2, 0) is 20.8 Å². The van der Waals surface area contributed by atoms with Crippen molar-refractivity contribution in [1.29, 1.82) is 0 Å². The maximum atomic E-state index is 13.1. The lowest BCUT2D eigenvalue weighted by molar-refractivity contribution is -0.137. The molecule has 3 rings (SSSR count). The van der Waals surface area contributed by atoms with Crippen molar-refractivity contribution in [2.75, 3.05) is 11.6 Å². The number of nitrogens with one attached hydrogen (secondary N) is 1. The maximum absolute atomic E-state index is 13.1. The van der Waals surface area contributed by atoms with E-state index in [0.29, 0.717) is 0 Å². The SMILES string of the molecule is Cc1nn(-c2cccc(C(F)(F)F)c2)c(C)c1C(=O)C(=O)Nc1cc(S(C)(=O)=O)ccc1Cl. The summed E-state index contributed by atoms with van der Waals surface area (Å²) in [6, 6.07) is 8.02. The largest absolute Gasteiger partial charge is 0.416 e. The molecule has 0 fully saturated rings. The molecule has 1 amide bonds. The Kier molecular flexibility index (Phi) is 6.40. The molecular weight excluding hydrogens is 483 g/mol. The van der Waals surface area contributed by atoms with Crippen molar-refractivity contribution in [2.24, 2.45) is 0 Å². The van der Waals surface area contributed by atoms with Gasteiger partial charge in [0.05, 0.1) is 43.8 Å². The first-order valence-electron chi connectivity index (χ1n) is 9.29. The lowest BCUT2D eigenvalue weighted by Gasteiger charge is -2.10. The predicted molar refractivity (Wildman–Crippen MR) is 116 cm³/mol. The van der Waals surface area contributed by atoms with Crippen molar-refractivity contribution >= 4 is 38.8 Å². The fourth-order valence-electron chi connectivity index (χ4n) is 3.16. The van der Waals surface area contributed by atoms with Crippen molar-refractivity contribution in [3.05, 3.63) is 70.0 Å². The number of hydrogen-bond acceptors (Lipinski definition) is 5. The van der Waals surface area contributed by atoms with Crippen LogP contribution >= 0.6 is 11.6 Å². The van der Waals surface area contributed by atoms with E-state index in [0.717, 1.165) is 29.1 Å². The molecule has 0 atom stereocenters. The number of halogens is 4. The number of carbonyl (C=O) groups excluding carboxylic acids is 2. The predicted octanol–water partition coefficient (Wildman–Crippen LogP) is 4.39. The van der Waals surface area contributed by atoms with Crippen LogP contribution in [0, 0.1) is 13.8 Å². The molecule has 0 spiro atoms. The number of alkyl halides is 3. The van der Waals surface area contributed by atoms with Crippen LogP contribution in [0.4, 0.5) is 18.9 Å². The molecule has 1 heterocycles. The number of nitrogens with zero attached hydrogens (tertiary/aromatic N) is 2. The standard InChI is InChI=1S/C21H17ClF3N3O4S/c1-11-18(12(2)28(27-11)14-6-4-5-13(9-14)21(23,24)25)19(29)20(30)26-17-10-15(33(3,31)32)7-8-16(17)22/h4-10H,1-3H3,(H,26,30). The second-order valence-corrected chi connectivity index (χ2v) is 9.63. The van der Waals surface area contributed by atoms with Crippen molar-refractivity contribution < 1.29 is 31.2 Å². The van der Waals surface area contributed by atoms with Gasteiger partial charge in [-0.15, -0.1) is 0 Å². The maximum Gasteiger partial charge on any atom is 0.416 e. The molecule has 0 bridgehead atoms. The number of amides is 1. The molecule has 0 aliphatic heterocycles. The van der Waals surface area contributed by atoms with E-state index in [-0.39, 0.29) is 38.2 Å². The highest BCUT2D eigenvalue weighted by molar-refractivity contribution is 7.90. The van der Waals surface area contributed by atoms with Gasteiger partial charge in [0, 0.05) is 6.26 Å². The Morgan fingerprint density at radius 3 is 2.36 bits per heavy atom. The number of ketones is 1. The summed E-state index contributed by atoms with van der Waals surface area (Å²) >= 11 is 6.01. The molecule has 33 heavy (non-hydrogen) atoms. The Balaban J connectivity index is 1.95. The second kappa shape index (κ2) is 8.64. The highest BCUT2D eigenvalue weighted by atomic mass is 35.5. The molecule has 0 radical (unpaired) electrons. The van der Waals surface area contributed by atoms with Crippen molar-refractivity contribution in [2.45, 2.75) is 24.9 Å². The highest BCUT2D eigenvalue weighted by Gasteiger charge is 2.31. The van der Waals surface area contributed by atoms with Gasteiger partial charge in [0.1, 0.15) is 0 Å². The van der Waals surface area contributed by atoms with Gasteiger partial charge >= 0.3 is 6.18 Å². The monoisotopic (exact) mass is 499 g/mol. The smallest absolute Gasteiger partial charge is 0.318 e. The van der Waals surface area contributed by atoms with Gasteiger partial charge in [0.25, 0.3) is 11.7 Å². The first-order valence-corrected chi connectivity index (χ1v) is 11.6. The molecule has 0 aliphatic carbocycles. The van der Waals surface area contributed by atoms with Gasteiger partial charge in [0.15, 0.2) is 9.84 Å². The van der Waals surface area contributed by atoms with Crippen molar-refractivity contribution in [3.8, 4) is 5.69 Å². The summed E-state index contributed by atoms with van der Waals surface area (Å²) in [6.07, 6.45) is -3.59. The summed E-state index contributed by atoms with van der Waals surface area (Å²) in [7, 11) is -3.59. The molecular formula is C21H17ClF3N3O4S. The van der Waals surface area contributed by atoms with Crippen LogP contribution in [0.5, 0.6) is 0 Å². The fraction of sp³-hybridized carbons (Fsp3) is 0.190. The van der Waals surface area contributed by atoms with E-state index in [1.165, 1.54) is 38.1 Å². The quantitative estimate of drug-likeness (QED) is 0.415. The number of aromatic nitrogens is 2. The molecule has 0 unspecified atom stereocenters. The highest BCUT2D eigenvalue weighted by Crippen LogP contribution is 2.31. The van der Waals surface area contributed by atoms with Crippen LogP contribution in [0.2, 0.25) is 5.02 Å². The van der Waals surface area contributed by atoms with E-state index >= 15 is 0 Å². The Hall–Kier alpha value is -3.18. The number of aryl methyl sites for hydroxylation is 1. The number of Topliss-reactive ketones (excluding diaryl/α,β-unsaturated/α-hetero) is 1. The molecule has 0 saturated carbocycles. The lowest BCUT2D eigenvalue weighted by atomic mass is 10.1. The molecule has 3 aromatic rings. The Morgan fingerprint density at radius 1 is 1.09 bits per heavy atom. The molecule has 0 saturated heterocycles. The van der Waals surface area contributed by atoms with E-state index in [2.05, 4.69) is 10.4 Å². The topological polar surface area (TPSA) is 98.1 Å². The molecule has 1 N–H and O–H groups in total. The van der Waals surface area contributed by atoms with Crippen LogP contribution in [0.15, 0.2) is 47.4 Å². The van der Waals surface area contributed by atoms with E-state index in [1.807, 2.05) is 0 Å². The van der Waals surface area contributed by atoms with E-state index in [9.17, 15) is 31.2 Å². The minimum Gasteiger partial charge on any atom is -0.318 e. The fourth-order valence-corrected chi connectivity index (χ4v) is 3.97. The summed E-state index contributed by atoms with van der Waals surface area (Å²) in [5.41, 5.74) is -0.727. The van der Waals surface area contributed by atoms with Crippen LogP contribution in [0.1, 0.15) is 27.3 Å². The Bertz CT molecular complexity index is 1380. The van der Waals surface area contributed by atoms with Gasteiger partial charge < -0.3 is 5.32 Å². The number of sulfone groups is 1. The number of hydrogen-bond donors (Lipinski definition) is 1. The molecule has 12 heteroatoms. The summed E-state index contributed by atoms with van der Waals surface area (Å²) in [6.45, 7) is 2.88. The number of benzene rings is 2. The first-order chi connectivity index (χ1) is 15.2. The number of anilines is 1. The van der Waals surface area contributed by atoms with Crippen LogP contribution in [-0.4, -0.2) is 36.1 Å². The molecule has 2 aromatic carbocycles. The third-order valence-corrected chi connectivity index (χ3v) is 6.20. The Morgan fingerprint density at radius 2 is 1.76 bits per heavy atom. The van der Waals surface area contributed by atoms with Gasteiger partial charge in [-0.1, -0.05) is 17.7 Å². The van der Waals surface area contributed by atoms with Crippen LogP contribution in [0.25, 0.3) is 5.69 Å². The average Bonchev–Trinajstić information content (AvgIpc) is 3.01. The van der Waals surface area contributed by atoms with Gasteiger partial charge in [-0.25, -0.2) is 13.1 Å². The summed E-state index contributed by atoms with van der Waals surface area (Å²) in [4.78, 5) is 25.3. The molecule has 7 nitrogen and oxygen atoms in total. The van der Waals surface area contributed by atoms with Gasteiger partial charge in [-0.3, -0.25) is 9.59 Å². The molecule has 1 aromatic heterocycles. The minimum absolute atomic E-state index is 0.0108. The summed E-state index contributed by atoms with van der Waals surface area (Å²) in [5.74, 6) is -2.12. The normalized spacial score (nSPS) is 12.0. The van der Waals surface area contributed by atoms with E-state index in [4.69, 9.17) is 11.6 Å². The molecule has 0 aliphatic rings. The van der Waals surface area contributed by atoms with E-state index < -0.39 is 33.3 Å². The van der Waals surface area contributed by atoms with Crippen LogP contribution in [0.3, 0.4) is 0 Å². The number of rotatable bonds is 5. The van der Waals surface area contributed by atoms with Crippen molar-refractivity contribution in [3.63, 3.8) is 0 Å². The van der Waals surface area contributed by atoms with Gasteiger partial charge in [-0.05, 0) is 50.2 Å². The summed E-state index contributed by atoms with van der Waals surface area (Å²) in [5, 5.41) is 6.41. The van der Waals surface area contributed by atoms with Crippen molar-refractivity contribution in [1.82, 2.24) is 9.78 Å². The number of carbonyl (C=O) groups is 2. The zero-order valence-corrected chi connectivity index (χ0v) is 19.1. The second-order valence-electron chi connectivity index (χ2n) is 7.20. The van der Waals surface area contributed by atoms with E-state index in [1.54, 1.807) is 0 Å². The Labute approximate surface area is 192 Å². The summed E-state index contributed by atoms with van der Waals surface area (Å²) < 4.78 is 63.8. The third-order valence-electron chi connectivity index (χ3n) is 4.76. The molecule has 174 valence electrons. The van der Waals surface area contributed by atoms with Gasteiger partial charge in [-0.2, -0.15) is 18.3 Å². The zero-order chi connectivity index (χ0) is 24.7. The average molecular weight is 500 g/mol. The third kappa shape index (κ3) is 5.09.